The largest absolute Gasteiger partial charge is 0.309 e. The van der Waals surface area contributed by atoms with E-state index in [-0.39, 0.29) is 0 Å². The Kier molecular flexibility index (Phi) is 4.25. The van der Waals surface area contributed by atoms with Crippen LogP contribution in [0.1, 0.15) is 43.9 Å². The minimum atomic E-state index is 0.552. The Bertz CT molecular complexity index is 929. The molecule has 1 aromatic carbocycles. The second-order valence-corrected chi connectivity index (χ2v) is 8.44. The van der Waals surface area contributed by atoms with Gasteiger partial charge in [-0.1, -0.05) is 44.2 Å². The van der Waals surface area contributed by atoms with E-state index in [0.29, 0.717) is 18.0 Å². The Balaban J connectivity index is 1.53. The molecule has 2 aliphatic heterocycles. The van der Waals surface area contributed by atoms with Gasteiger partial charge in [0, 0.05) is 43.5 Å². The highest BCUT2D eigenvalue weighted by Crippen LogP contribution is 2.29. The molecule has 0 radical (unpaired) electrons. The van der Waals surface area contributed by atoms with Crippen LogP contribution in [0, 0.1) is 0 Å². The molecule has 2 aromatic heterocycles. The van der Waals surface area contributed by atoms with Crippen LogP contribution < -0.4 is 5.32 Å². The minimum Gasteiger partial charge on any atom is -0.309 e. The van der Waals surface area contributed by atoms with Crippen LogP contribution in [0.5, 0.6) is 0 Å². The molecule has 3 aromatic rings. The average molecular weight is 361 g/mol. The minimum absolute atomic E-state index is 0.552. The van der Waals surface area contributed by atoms with E-state index in [0.717, 1.165) is 31.0 Å². The van der Waals surface area contributed by atoms with Gasteiger partial charge in [-0.05, 0) is 36.5 Å². The van der Waals surface area contributed by atoms with Crippen molar-refractivity contribution in [2.45, 2.75) is 51.2 Å². The van der Waals surface area contributed by atoms with Gasteiger partial charge in [0.25, 0.3) is 0 Å². The van der Waals surface area contributed by atoms with Crippen molar-refractivity contribution in [1.82, 2.24) is 19.6 Å². The van der Waals surface area contributed by atoms with Gasteiger partial charge in [-0.25, -0.2) is 4.98 Å². The number of rotatable bonds is 4. The van der Waals surface area contributed by atoms with E-state index in [1.807, 2.05) is 0 Å². The number of imidazole rings is 1. The third-order valence-electron chi connectivity index (χ3n) is 6.15. The Morgan fingerprint density at radius 3 is 2.48 bits per heavy atom. The lowest BCUT2D eigenvalue weighted by Gasteiger charge is -2.32. The van der Waals surface area contributed by atoms with Gasteiger partial charge in [0.1, 0.15) is 5.65 Å². The van der Waals surface area contributed by atoms with E-state index >= 15 is 0 Å². The van der Waals surface area contributed by atoms with Gasteiger partial charge in [0.2, 0.25) is 0 Å². The van der Waals surface area contributed by atoms with E-state index in [1.165, 1.54) is 29.7 Å². The number of likely N-dealkylation sites (tertiary alicyclic amines) is 1. The number of pyridine rings is 1. The second kappa shape index (κ2) is 6.77. The average Bonchev–Trinajstić information content (AvgIpc) is 3.22. The molecule has 0 spiro atoms. The number of hydrogen-bond acceptors (Lipinski definition) is 3. The monoisotopic (exact) mass is 360 g/mol. The van der Waals surface area contributed by atoms with Crippen molar-refractivity contribution in [3.05, 3.63) is 59.9 Å². The van der Waals surface area contributed by atoms with Crippen molar-refractivity contribution >= 4 is 5.65 Å². The first-order valence-electron chi connectivity index (χ1n) is 10.2. The van der Waals surface area contributed by atoms with Gasteiger partial charge < -0.3 is 9.72 Å². The number of benzene rings is 1. The summed E-state index contributed by atoms with van der Waals surface area (Å²) in [6, 6.07) is 16.6. The molecule has 0 saturated carbocycles. The van der Waals surface area contributed by atoms with Crippen LogP contribution in [-0.2, 0) is 6.54 Å². The van der Waals surface area contributed by atoms with Crippen molar-refractivity contribution in [3.8, 4) is 11.3 Å². The standard InChI is InChI=1S/C23H28N4/c1-16(2)17-6-8-18(9-7-17)23-21(27-12-4-3-5-22(27)25-23)15-26-13-19-10-11-20(14-26)24-19/h3-9,12,16,19-20,24H,10-11,13-15H2,1-2H3. The molecule has 4 heteroatoms. The van der Waals surface area contributed by atoms with Gasteiger partial charge in [0.15, 0.2) is 0 Å². The van der Waals surface area contributed by atoms with E-state index < -0.39 is 0 Å². The topological polar surface area (TPSA) is 32.6 Å². The van der Waals surface area contributed by atoms with Gasteiger partial charge in [-0.15, -0.1) is 0 Å². The molecule has 4 nitrogen and oxygen atoms in total. The van der Waals surface area contributed by atoms with Crippen molar-refractivity contribution < 1.29 is 0 Å². The van der Waals surface area contributed by atoms with Crippen molar-refractivity contribution in [3.63, 3.8) is 0 Å². The van der Waals surface area contributed by atoms with E-state index in [1.54, 1.807) is 0 Å². The number of hydrogen-bond donors (Lipinski definition) is 1. The number of nitrogens with zero attached hydrogens (tertiary/aromatic N) is 3. The SMILES string of the molecule is CC(C)c1ccc(-c2nc3ccccn3c2CN2CC3CCC(C2)N3)cc1. The molecule has 2 atom stereocenters. The summed E-state index contributed by atoms with van der Waals surface area (Å²) in [5.74, 6) is 0.552. The lowest BCUT2D eigenvalue weighted by Crippen LogP contribution is -2.50. The first-order valence-corrected chi connectivity index (χ1v) is 10.2. The maximum Gasteiger partial charge on any atom is 0.137 e. The molecule has 2 aliphatic rings. The third kappa shape index (κ3) is 3.17. The molecule has 2 unspecified atom stereocenters. The molecule has 0 aliphatic carbocycles. The fourth-order valence-electron chi connectivity index (χ4n) is 4.68. The maximum atomic E-state index is 5.00. The maximum absolute atomic E-state index is 5.00. The van der Waals surface area contributed by atoms with Crippen molar-refractivity contribution in [1.29, 1.82) is 0 Å². The summed E-state index contributed by atoms with van der Waals surface area (Å²) in [6.45, 7) is 7.72. The number of aromatic nitrogens is 2. The number of piperazine rings is 1. The van der Waals surface area contributed by atoms with Gasteiger partial charge in [-0.2, -0.15) is 0 Å². The fourth-order valence-corrected chi connectivity index (χ4v) is 4.68. The van der Waals surface area contributed by atoms with E-state index in [4.69, 9.17) is 4.98 Å². The van der Waals surface area contributed by atoms with Crippen LogP contribution in [0.4, 0.5) is 0 Å². The zero-order chi connectivity index (χ0) is 18.4. The third-order valence-corrected chi connectivity index (χ3v) is 6.15. The molecular weight excluding hydrogens is 332 g/mol. The lowest BCUT2D eigenvalue weighted by molar-refractivity contribution is 0.187. The normalized spacial score (nSPS) is 22.8. The van der Waals surface area contributed by atoms with Crippen molar-refractivity contribution in [2.75, 3.05) is 13.1 Å². The molecule has 0 amide bonds. The summed E-state index contributed by atoms with van der Waals surface area (Å²) in [5.41, 5.74) is 6.07. The molecule has 2 bridgehead atoms. The van der Waals surface area contributed by atoms with Gasteiger partial charge >= 0.3 is 0 Å². The van der Waals surface area contributed by atoms with E-state index in [2.05, 4.69) is 77.1 Å². The summed E-state index contributed by atoms with van der Waals surface area (Å²) in [7, 11) is 0. The predicted octanol–water partition coefficient (Wildman–Crippen LogP) is 4.06. The summed E-state index contributed by atoms with van der Waals surface area (Å²) in [6.07, 6.45) is 4.79. The summed E-state index contributed by atoms with van der Waals surface area (Å²) < 4.78 is 2.27. The Hall–Kier alpha value is -2.17. The highest BCUT2D eigenvalue weighted by molar-refractivity contribution is 5.67. The molecule has 2 saturated heterocycles. The molecule has 27 heavy (non-hydrogen) atoms. The fraction of sp³-hybridized carbons (Fsp3) is 0.435. The first kappa shape index (κ1) is 17.0. The zero-order valence-corrected chi connectivity index (χ0v) is 16.2. The van der Waals surface area contributed by atoms with Crippen LogP contribution in [0.15, 0.2) is 48.7 Å². The summed E-state index contributed by atoms with van der Waals surface area (Å²) in [5, 5.41) is 3.74. The van der Waals surface area contributed by atoms with Gasteiger partial charge in [0.05, 0.1) is 11.4 Å². The Morgan fingerprint density at radius 1 is 1.04 bits per heavy atom. The molecule has 4 heterocycles. The second-order valence-electron chi connectivity index (χ2n) is 8.44. The number of nitrogens with one attached hydrogen (secondary N) is 1. The molecule has 140 valence electrons. The van der Waals surface area contributed by atoms with Gasteiger partial charge in [-0.3, -0.25) is 4.90 Å². The molecular formula is C23H28N4. The quantitative estimate of drug-likeness (QED) is 0.761. The number of fused-ring (bicyclic) bond motifs is 3. The zero-order valence-electron chi connectivity index (χ0n) is 16.2. The van der Waals surface area contributed by atoms with Crippen LogP contribution in [-0.4, -0.2) is 39.5 Å². The molecule has 2 fully saturated rings. The highest BCUT2D eigenvalue weighted by atomic mass is 15.2. The predicted molar refractivity (Wildman–Crippen MR) is 110 cm³/mol. The molecule has 5 rings (SSSR count). The smallest absolute Gasteiger partial charge is 0.137 e. The van der Waals surface area contributed by atoms with E-state index in [9.17, 15) is 0 Å². The Morgan fingerprint density at radius 2 is 1.78 bits per heavy atom. The first-order chi connectivity index (χ1) is 13.2. The summed E-state index contributed by atoms with van der Waals surface area (Å²) in [4.78, 5) is 7.61. The van der Waals surface area contributed by atoms with Crippen LogP contribution in [0.3, 0.4) is 0 Å². The lowest BCUT2D eigenvalue weighted by atomic mass is 10.0. The van der Waals surface area contributed by atoms with Crippen molar-refractivity contribution in [2.24, 2.45) is 0 Å². The van der Waals surface area contributed by atoms with Crippen LogP contribution >= 0.6 is 0 Å². The highest BCUT2D eigenvalue weighted by Gasteiger charge is 2.32. The molecule has 1 N–H and O–H groups in total. The Labute approximate surface area is 161 Å². The summed E-state index contributed by atoms with van der Waals surface area (Å²) >= 11 is 0. The van der Waals surface area contributed by atoms with Crippen LogP contribution in [0.25, 0.3) is 16.9 Å². The van der Waals surface area contributed by atoms with Crippen LogP contribution in [0.2, 0.25) is 0 Å².